The van der Waals surface area contributed by atoms with Gasteiger partial charge in [-0.15, -0.1) is 0 Å². The molecule has 1 N–H and O–H groups in total. The average molecular weight is 297 g/mol. The van der Waals surface area contributed by atoms with Crippen LogP contribution < -0.4 is 10.7 Å². The lowest BCUT2D eigenvalue weighted by Crippen LogP contribution is -2.23. The molecule has 1 heterocycles. The van der Waals surface area contributed by atoms with Gasteiger partial charge in [-0.1, -0.05) is 24.3 Å². The minimum absolute atomic E-state index is 0.0440. The number of carbonyl (C=O) groups is 1. The van der Waals surface area contributed by atoms with Crippen LogP contribution in [0.15, 0.2) is 53.3 Å². The summed E-state index contributed by atoms with van der Waals surface area (Å²) in [4.78, 5) is 26.3. The number of aromatic carboxylic acids is 1. The van der Waals surface area contributed by atoms with E-state index in [1.54, 1.807) is 18.2 Å². The number of carbonyl (C=O) groups excluding carboxylic acids is 1. The molecule has 0 bridgehead atoms. The fraction of sp³-hybridized carbons (Fsp3) is 0. The summed E-state index contributed by atoms with van der Waals surface area (Å²) < 4.78 is 1.58. The van der Waals surface area contributed by atoms with Crippen molar-refractivity contribution in [2.24, 2.45) is 0 Å². The molecular weight excluding hydrogens is 288 g/mol. The fourth-order valence-electron chi connectivity index (χ4n) is 2.14. The Morgan fingerprint density at radius 2 is 1.76 bits per heavy atom. The number of nitrogens with zero attached hydrogens (tertiary/aromatic N) is 1. The van der Waals surface area contributed by atoms with E-state index < -0.39 is 5.97 Å². The third-order valence-electron chi connectivity index (χ3n) is 3.17. The number of carboxylic acid groups (broad SMARTS) is 1. The van der Waals surface area contributed by atoms with E-state index in [4.69, 9.17) is 12.2 Å². The molecule has 0 fully saturated rings. The Morgan fingerprint density at radius 3 is 2.43 bits per heavy atom. The van der Waals surface area contributed by atoms with Gasteiger partial charge >= 0.3 is 0 Å². The highest BCUT2D eigenvalue weighted by Crippen LogP contribution is 2.11. The van der Waals surface area contributed by atoms with Gasteiger partial charge in [-0.2, -0.15) is 0 Å². The number of nitrogens with one attached hydrogen (secondary N) is 1. The molecule has 5 nitrogen and oxygen atoms in total. The molecule has 0 aliphatic carbocycles. The number of rotatable bonds is 2. The number of para-hydroxylation sites is 1. The zero-order valence-corrected chi connectivity index (χ0v) is 11.5. The van der Waals surface area contributed by atoms with Gasteiger partial charge in [0, 0.05) is 0 Å². The van der Waals surface area contributed by atoms with E-state index in [2.05, 4.69) is 4.98 Å². The summed E-state index contributed by atoms with van der Waals surface area (Å²) in [7, 11) is 0. The van der Waals surface area contributed by atoms with Gasteiger partial charge in [0.2, 0.25) is 0 Å². The van der Waals surface area contributed by atoms with Crippen molar-refractivity contribution in [3.05, 3.63) is 69.2 Å². The van der Waals surface area contributed by atoms with Crippen LogP contribution in [-0.2, 0) is 0 Å². The van der Waals surface area contributed by atoms with Gasteiger partial charge < -0.3 is 14.9 Å². The lowest BCUT2D eigenvalue weighted by Gasteiger charge is -2.09. The first-order valence-corrected chi connectivity index (χ1v) is 6.54. The number of fused-ring (bicyclic) bond motifs is 1. The fourth-order valence-corrected chi connectivity index (χ4v) is 2.44. The van der Waals surface area contributed by atoms with E-state index in [1.165, 1.54) is 28.8 Å². The van der Waals surface area contributed by atoms with Crippen LogP contribution in [0.25, 0.3) is 16.6 Å². The Labute approximate surface area is 124 Å². The molecule has 21 heavy (non-hydrogen) atoms. The molecule has 0 atom stereocenters. The van der Waals surface area contributed by atoms with E-state index in [0.717, 1.165) is 0 Å². The molecule has 3 rings (SSSR count). The number of carboxylic acids is 1. The molecule has 0 saturated carbocycles. The SMILES string of the molecule is O=C([O-])c1ccc(-n2c(=S)[nH]c3ccccc3c2=O)cc1. The molecule has 2 aromatic carbocycles. The van der Waals surface area contributed by atoms with Gasteiger partial charge in [-0.25, -0.2) is 0 Å². The van der Waals surface area contributed by atoms with Crippen molar-refractivity contribution >= 4 is 29.1 Å². The molecule has 1 aromatic heterocycles. The van der Waals surface area contributed by atoms with Crippen molar-refractivity contribution < 1.29 is 9.90 Å². The number of aromatic nitrogens is 2. The molecule has 0 saturated heterocycles. The third kappa shape index (κ3) is 2.25. The van der Waals surface area contributed by atoms with E-state index in [1.807, 2.05) is 6.07 Å². The molecule has 6 heteroatoms. The van der Waals surface area contributed by atoms with Crippen molar-refractivity contribution in [1.82, 2.24) is 9.55 Å². The first kappa shape index (κ1) is 13.3. The minimum Gasteiger partial charge on any atom is -0.545 e. The summed E-state index contributed by atoms with van der Waals surface area (Å²) in [5, 5.41) is 11.3. The van der Waals surface area contributed by atoms with Gasteiger partial charge in [0.15, 0.2) is 4.77 Å². The summed E-state index contributed by atoms with van der Waals surface area (Å²) in [6.07, 6.45) is 0. The quantitative estimate of drug-likeness (QED) is 0.725. The summed E-state index contributed by atoms with van der Waals surface area (Å²) in [5.74, 6) is -1.27. The van der Waals surface area contributed by atoms with Crippen LogP contribution in [0.4, 0.5) is 0 Å². The lowest BCUT2D eigenvalue weighted by molar-refractivity contribution is -0.255. The Balaban J connectivity index is 2.27. The highest BCUT2D eigenvalue weighted by molar-refractivity contribution is 7.71. The maximum atomic E-state index is 12.5. The van der Waals surface area contributed by atoms with Crippen LogP contribution in [0.1, 0.15) is 10.4 Å². The summed E-state index contributed by atoms with van der Waals surface area (Å²) in [6, 6.07) is 12.8. The second-order valence-corrected chi connectivity index (χ2v) is 4.84. The van der Waals surface area contributed by atoms with Crippen LogP contribution in [0, 0.1) is 4.77 Å². The largest absolute Gasteiger partial charge is 0.545 e. The zero-order valence-electron chi connectivity index (χ0n) is 10.7. The minimum atomic E-state index is -1.27. The monoisotopic (exact) mass is 297 g/mol. The summed E-state index contributed by atoms with van der Waals surface area (Å²) in [6.45, 7) is 0. The Morgan fingerprint density at radius 1 is 1.10 bits per heavy atom. The van der Waals surface area contributed by atoms with Gasteiger partial charge in [-0.05, 0) is 42.0 Å². The first-order valence-electron chi connectivity index (χ1n) is 6.14. The van der Waals surface area contributed by atoms with E-state index in [9.17, 15) is 14.7 Å². The molecule has 0 aliphatic heterocycles. The van der Waals surface area contributed by atoms with Gasteiger partial charge in [-0.3, -0.25) is 9.36 Å². The third-order valence-corrected chi connectivity index (χ3v) is 3.45. The van der Waals surface area contributed by atoms with E-state index >= 15 is 0 Å². The summed E-state index contributed by atoms with van der Waals surface area (Å²) in [5.41, 5.74) is 0.949. The number of aromatic amines is 1. The number of benzene rings is 2. The van der Waals surface area contributed by atoms with E-state index in [0.29, 0.717) is 16.6 Å². The second-order valence-electron chi connectivity index (χ2n) is 4.45. The zero-order chi connectivity index (χ0) is 15.0. The Bertz CT molecular complexity index is 955. The predicted molar refractivity (Wildman–Crippen MR) is 79.1 cm³/mol. The second kappa shape index (κ2) is 4.99. The van der Waals surface area contributed by atoms with Crippen LogP contribution >= 0.6 is 12.2 Å². The van der Waals surface area contributed by atoms with Gasteiger partial charge in [0.25, 0.3) is 5.56 Å². The van der Waals surface area contributed by atoms with Crippen molar-refractivity contribution in [1.29, 1.82) is 0 Å². The highest BCUT2D eigenvalue weighted by atomic mass is 32.1. The summed E-state index contributed by atoms with van der Waals surface area (Å²) >= 11 is 5.21. The maximum absolute atomic E-state index is 12.5. The Hall–Kier alpha value is -2.73. The van der Waals surface area contributed by atoms with Gasteiger partial charge in [0.1, 0.15) is 0 Å². The van der Waals surface area contributed by atoms with Crippen molar-refractivity contribution in [3.8, 4) is 5.69 Å². The standard InChI is InChI=1S/C15H10N2O3S/c18-13-11-3-1-2-4-12(11)16-15(21)17(13)10-7-5-9(6-8-10)14(19)20/h1-8H,(H,16,21)(H,19,20)/p-1. The lowest BCUT2D eigenvalue weighted by atomic mass is 10.2. The topological polar surface area (TPSA) is 77.9 Å². The van der Waals surface area contributed by atoms with Crippen molar-refractivity contribution in [3.63, 3.8) is 0 Å². The normalized spacial score (nSPS) is 10.7. The smallest absolute Gasteiger partial charge is 0.266 e. The number of hydrogen-bond acceptors (Lipinski definition) is 4. The molecule has 0 spiro atoms. The molecule has 0 unspecified atom stereocenters. The van der Waals surface area contributed by atoms with Crippen LogP contribution in [0.3, 0.4) is 0 Å². The van der Waals surface area contributed by atoms with Crippen LogP contribution in [0.2, 0.25) is 0 Å². The molecule has 3 aromatic rings. The van der Waals surface area contributed by atoms with Crippen molar-refractivity contribution in [2.75, 3.05) is 0 Å². The number of H-pyrrole nitrogens is 1. The first-order chi connectivity index (χ1) is 10.1. The van der Waals surface area contributed by atoms with E-state index in [-0.39, 0.29) is 15.9 Å². The van der Waals surface area contributed by atoms with Crippen LogP contribution in [0.5, 0.6) is 0 Å². The predicted octanol–water partition coefficient (Wildman–Crippen LogP) is 1.41. The Kier molecular flexibility index (Phi) is 3.15. The average Bonchev–Trinajstić information content (AvgIpc) is 2.48. The molecule has 0 amide bonds. The number of hydrogen-bond donors (Lipinski definition) is 1. The van der Waals surface area contributed by atoms with Crippen molar-refractivity contribution in [2.45, 2.75) is 0 Å². The molecule has 0 aliphatic rings. The van der Waals surface area contributed by atoms with Gasteiger partial charge in [0.05, 0.1) is 22.6 Å². The molecule has 0 radical (unpaired) electrons. The van der Waals surface area contributed by atoms with Crippen LogP contribution in [-0.4, -0.2) is 15.5 Å². The molecular formula is C15H9N2O3S-. The highest BCUT2D eigenvalue weighted by Gasteiger charge is 2.07. The maximum Gasteiger partial charge on any atom is 0.266 e. The molecule has 104 valence electrons.